The number of rotatable bonds is 30. The molecule has 0 unspecified atom stereocenters. The molecule has 0 spiro atoms. The smallest absolute Gasteiger partial charge is 0.150 e. The van der Waals surface area contributed by atoms with Crippen LogP contribution in [0.3, 0.4) is 0 Å². The Hall–Kier alpha value is -19.1. The second kappa shape index (κ2) is 51.9. The Balaban J connectivity index is 0.000000132. The highest BCUT2D eigenvalue weighted by molar-refractivity contribution is 6.01. The molecule has 20 rings (SSSR count). The molecule has 0 N–H and O–H groups in total. The van der Waals surface area contributed by atoms with Gasteiger partial charge >= 0.3 is 0 Å². The normalized spacial score (nSPS) is 10.4. The monoisotopic (exact) mass is 1930 g/mol. The number of anilines is 19. The molecule has 0 aliphatic heterocycles. The number of aryl methyl sites for hydroxylation is 1. The number of ether oxygens (including phenoxy) is 4. The molecular weight excluding hydrogens is 1820 g/mol. The van der Waals surface area contributed by atoms with Crippen LogP contribution < -0.4 is 48.5 Å². The van der Waals surface area contributed by atoms with Crippen LogP contribution in [0.25, 0.3) is 21.5 Å². The maximum atomic E-state index is 11.0. The van der Waals surface area contributed by atoms with Crippen molar-refractivity contribution >= 4 is 167 Å². The third-order valence-corrected chi connectivity index (χ3v) is 24.2. The highest BCUT2D eigenvalue weighted by atomic mass is 16.5. The molecule has 17 heteroatoms. The van der Waals surface area contributed by atoms with Crippen molar-refractivity contribution in [3.63, 3.8) is 0 Å². The molecule has 0 fully saturated rings. The lowest BCUT2D eigenvalue weighted by Crippen LogP contribution is -2.11. The van der Waals surface area contributed by atoms with Crippen molar-refractivity contribution in [2.45, 2.75) is 13.5 Å². The van der Waals surface area contributed by atoms with E-state index in [-0.39, 0.29) is 0 Å². The zero-order valence-electron chi connectivity index (χ0n) is 82.7. The number of hydrogen-bond donors (Lipinski definition) is 0. The minimum atomic E-state index is 0.597. The van der Waals surface area contributed by atoms with Gasteiger partial charge in [0.05, 0.1) is 39.3 Å². The molecule has 20 aromatic carbocycles. The van der Waals surface area contributed by atoms with E-state index in [0.717, 1.165) is 174 Å². The highest BCUT2D eigenvalue weighted by Gasteiger charge is 2.22. The predicted octanol–water partition coefficient (Wildman–Crippen LogP) is 32.7. The summed E-state index contributed by atoms with van der Waals surface area (Å²) in [5.74, 6) is 2.41. The van der Waals surface area contributed by atoms with Gasteiger partial charge in [0.15, 0.2) is 0 Å². The van der Waals surface area contributed by atoms with Crippen molar-refractivity contribution in [3.05, 3.63) is 542 Å². The molecule has 0 bridgehead atoms. The van der Waals surface area contributed by atoms with Crippen LogP contribution in [0, 0.1) is 6.92 Å². The van der Waals surface area contributed by atoms with E-state index >= 15 is 0 Å². The van der Waals surface area contributed by atoms with Crippen molar-refractivity contribution in [1.82, 2.24) is 0 Å². The zero-order chi connectivity index (χ0) is 102. The molecule has 0 aliphatic carbocycles. The van der Waals surface area contributed by atoms with E-state index in [4.69, 9.17) is 18.9 Å². The summed E-state index contributed by atoms with van der Waals surface area (Å²) in [6.45, 7) is 2.68. The van der Waals surface area contributed by atoms with E-state index in [2.05, 4.69) is 235 Å². The average molecular weight is 1930 g/mol. The Bertz CT molecular complexity index is 7520. The Morgan fingerprint density at radius 2 is 0.381 bits per heavy atom. The number of methoxy groups -OCH3 is 4. The molecule has 0 saturated heterocycles. The van der Waals surface area contributed by atoms with Crippen molar-refractivity contribution < 1.29 is 47.7 Å². The lowest BCUT2D eigenvalue weighted by molar-refractivity contribution is 0.111. The Morgan fingerprint density at radius 3 is 0.619 bits per heavy atom. The minimum absolute atomic E-state index is 0.597. The fourth-order valence-electron chi connectivity index (χ4n) is 16.7. The van der Waals surface area contributed by atoms with Crippen LogP contribution in [0.2, 0.25) is 0 Å². The lowest BCUT2D eigenvalue weighted by atomic mass is 10.1. The SMILES string of the molecule is CN(C)c1ccc(N(c2ccccc2)c2ccc(C=O)cc2)cc1.COCc1ccc(N(c2ccccc2)c2ccc(C=O)cc2)cc1.COc1ccc(N(c2ccc(C=O)cc2)c2ccc(OC)cc2)cc1.COc1ccc(N(c2ccc(C=O)cc2)c2cccc3ccccc23)cc1.Cc1ccc(N(c2ccccc2)c2ccc(C=O)cc2)cc1.O=Cc1ccc(N(c2ccccc2)c2cccc3ccccc23)cc1. The molecule has 0 amide bonds. The second-order valence-electron chi connectivity index (χ2n) is 34.0. The number of benzene rings is 20. The fourth-order valence-corrected chi connectivity index (χ4v) is 16.7. The van der Waals surface area contributed by atoms with Gasteiger partial charge in [0.2, 0.25) is 0 Å². The first-order chi connectivity index (χ1) is 72.2. The molecule has 20 aromatic rings. The topological polar surface area (TPSA) is 162 Å². The summed E-state index contributed by atoms with van der Waals surface area (Å²) in [4.78, 5) is 80.7. The van der Waals surface area contributed by atoms with Crippen LogP contribution in [-0.4, -0.2) is 80.3 Å². The molecule has 17 nitrogen and oxygen atoms in total. The molecule has 0 saturated carbocycles. The van der Waals surface area contributed by atoms with Gasteiger partial charge in [-0.2, -0.15) is 0 Å². The summed E-state index contributed by atoms with van der Waals surface area (Å²) >= 11 is 0. The molecule has 726 valence electrons. The third-order valence-electron chi connectivity index (χ3n) is 24.2. The van der Waals surface area contributed by atoms with Crippen LogP contribution in [0.5, 0.6) is 17.2 Å². The van der Waals surface area contributed by atoms with Gasteiger partial charge in [-0.1, -0.05) is 175 Å². The van der Waals surface area contributed by atoms with Gasteiger partial charge in [0, 0.05) is 162 Å². The van der Waals surface area contributed by atoms with Crippen molar-refractivity contribution in [2.24, 2.45) is 0 Å². The highest BCUT2D eigenvalue weighted by Crippen LogP contribution is 2.45. The first kappa shape index (κ1) is 102. The summed E-state index contributed by atoms with van der Waals surface area (Å²) in [6.07, 6.45) is 5.16. The maximum absolute atomic E-state index is 11.0. The minimum Gasteiger partial charge on any atom is -0.497 e. The van der Waals surface area contributed by atoms with Gasteiger partial charge < -0.3 is 53.2 Å². The average Bonchev–Trinajstić information content (AvgIpc) is 0.778. The third kappa shape index (κ3) is 26.8. The molecule has 147 heavy (non-hydrogen) atoms. The van der Waals surface area contributed by atoms with E-state index in [0.29, 0.717) is 40.0 Å². The van der Waals surface area contributed by atoms with E-state index in [1.54, 1.807) is 28.4 Å². The number of hydrogen-bond acceptors (Lipinski definition) is 17. The fraction of sp³-hybridized carbons (Fsp3) is 0.0615. The van der Waals surface area contributed by atoms with Gasteiger partial charge in [-0.05, 0) is 351 Å². The van der Waals surface area contributed by atoms with E-state index < -0.39 is 0 Å². The standard InChI is InChI=1S/C24H19NO2.C23H17NO.C21H20N2O.C21H19NO3.C21H19NO2.C20H17NO/c1-27-22-15-13-21(14-16-22)25(20-11-9-18(17-26)10-12-20)24-8-4-6-19-5-2-3-7-23(19)24;25-17-18-13-15-21(16-14-18)24(20-9-2-1-3-10-20)23-12-6-8-19-7-4-5-11-22(19)23;1-22(2)18-12-14-21(15-13-18)23(19-6-4-3-5-7-19)20-10-8-17(16-24)9-11-20;1-24-20-11-7-18(8-12-20)22(17-5-3-16(15-23)4-6-17)19-9-13-21(25-2)14-10-19;1-24-16-18-9-13-21(14-10-18)22(19-5-3-2-4-6-19)20-11-7-17(15-23)8-12-20;1-16-7-11-19(12-8-16)21(18-5-3-2-4-6-18)20-13-9-17(15-22)10-14-20/h2-17H,1H3;1-17H;3-16H,1-2H3;3-15H,1-2H3;2-15H,16H2,1H3;2-15H,1H3. The summed E-state index contributed by atoms with van der Waals surface area (Å²) in [5, 5.41) is 4.73. The Morgan fingerprint density at radius 1 is 0.190 bits per heavy atom. The second-order valence-corrected chi connectivity index (χ2v) is 34.0. The molecule has 0 heterocycles. The van der Waals surface area contributed by atoms with Crippen molar-refractivity contribution in [2.75, 3.05) is 76.8 Å². The Kier molecular flexibility index (Phi) is 36.1. The first-order valence-electron chi connectivity index (χ1n) is 47.8. The zero-order valence-corrected chi connectivity index (χ0v) is 82.7. The molecule has 0 aromatic heterocycles. The lowest BCUT2D eigenvalue weighted by Gasteiger charge is -2.27. The summed E-state index contributed by atoms with van der Waals surface area (Å²) < 4.78 is 21.0. The van der Waals surface area contributed by atoms with E-state index in [1.807, 2.05) is 317 Å². The van der Waals surface area contributed by atoms with Gasteiger partial charge in [-0.3, -0.25) is 28.8 Å². The quantitative estimate of drug-likeness (QED) is 0.0390. The summed E-state index contributed by atoms with van der Waals surface area (Å²) in [7, 11) is 10.7. The Labute approximate surface area is 859 Å². The molecule has 0 radical (unpaired) electrons. The molecular formula is C130H111N7O10. The molecule has 0 aliphatic rings. The number of aldehydes is 6. The van der Waals surface area contributed by atoms with Crippen LogP contribution >= 0.6 is 0 Å². The van der Waals surface area contributed by atoms with Gasteiger partial charge in [0.25, 0.3) is 0 Å². The number of nitrogens with zero attached hydrogens (tertiary/aromatic N) is 7. The first-order valence-corrected chi connectivity index (χ1v) is 47.8. The number of carbonyl (C=O) groups excluding carboxylic acids is 6. The van der Waals surface area contributed by atoms with Crippen molar-refractivity contribution in [1.29, 1.82) is 0 Å². The van der Waals surface area contributed by atoms with E-state index in [9.17, 15) is 28.8 Å². The summed E-state index contributed by atoms with van der Waals surface area (Å²) in [5.41, 5.74) is 26.3. The van der Waals surface area contributed by atoms with Crippen LogP contribution in [0.15, 0.2) is 497 Å². The van der Waals surface area contributed by atoms with Gasteiger partial charge in [0.1, 0.15) is 55.0 Å². The molecule has 0 atom stereocenters. The number of fused-ring (bicyclic) bond motifs is 2. The van der Waals surface area contributed by atoms with Gasteiger partial charge in [-0.15, -0.1) is 0 Å². The maximum Gasteiger partial charge on any atom is 0.150 e. The van der Waals surface area contributed by atoms with Crippen LogP contribution in [0.4, 0.5) is 108 Å². The number of carbonyl (C=O) groups is 6. The van der Waals surface area contributed by atoms with Gasteiger partial charge in [-0.25, -0.2) is 0 Å². The van der Waals surface area contributed by atoms with Crippen LogP contribution in [-0.2, 0) is 11.3 Å². The van der Waals surface area contributed by atoms with E-state index in [1.165, 1.54) is 21.7 Å². The predicted molar refractivity (Wildman–Crippen MR) is 604 cm³/mol. The largest absolute Gasteiger partial charge is 0.497 e. The van der Waals surface area contributed by atoms with Crippen molar-refractivity contribution in [3.8, 4) is 17.2 Å². The van der Waals surface area contributed by atoms with Crippen LogP contribution in [0.1, 0.15) is 73.3 Å². The summed E-state index contributed by atoms with van der Waals surface area (Å²) in [6, 6.07) is 165. The number of para-hydroxylation sites is 4.